The van der Waals surface area contributed by atoms with Crippen LogP contribution in [-0.4, -0.2) is 12.5 Å². The molecule has 0 spiro atoms. The van der Waals surface area contributed by atoms with Gasteiger partial charge in [-0.3, -0.25) is 4.79 Å². The normalized spacial score (nSPS) is 18.5. The third kappa shape index (κ3) is 1.81. The zero-order chi connectivity index (χ0) is 10.3. The summed E-state index contributed by atoms with van der Waals surface area (Å²) in [6.45, 7) is 2.78. The average Bonchev–Trinajstić information content (AvgIpc) is 2.84. The van der Waals surface area contributed by atoms with E-state index in [2.05, 4.69) is 23.5 Å². The van der Waals surface area contributed by atoms with Crippen molar-refractivity contribution < 1.29 is 4.79 Å². The number of hydrogen-bond donors (Lipinski definition) is 1. The summed E-state index contributed by atoms with van der Waals surface area (Å²) >= 11 is 0. The molecular formula is C12H15ClN2O. The molecule has 0 saturated carbocycles. The molecule has 86 valence electrons. The van der Waals surface area contributed by atoms with Crippen molar-refractivity contribution in [3.63, 3.8) is 0 Å². The second-order valence-electron chi connectivity index (χ2n) is 4.21. The molecule has 4 heteroatoms. The Balaban J connectivity index is 0.000000963. The van der Waals surface area contributed by atoms with Crippen LogP contribution in [0.15, 0.2) is 18.2 Å². The number of fused-ring (bicyclic) bond motifs is 1. The molecule has 3 rings (SSSR count). The molecule has 2 aliphatic rings. The number of nitrogens with one attached hydrogen (secondary N) is 1. The van der Waals surface area contributed by atoms with E-state index in [-0.39, 0.29) is 18.3 Å². The van der Waals surface area contributed by atoms with Crippen LogP contribution in [-0.2, 0) is 17.9 Å². The first-order valence-electron chi connectivity index (χ1n) is 5.47. The first kappa shape index (κ1) is 11.4. The molecule has 16 heavy (non-hydrogen) atoms. The van der Waals surface area contributed by atoms with Crippen molar-refractivity contribution in [2.45, 2.75) is 25.9 Å². The van der Waals surface area contributed by atoms with Gasteiger partial charge in [-0.2, -0.15) is 0 Å². The van der Waals surface area contributed by atoms with Crippen LogP contribution in [0.2, 0.25) is 0 Å². The highest BCUT2D eigenvalue weighted by Gasteiger charge is 2.22. The molecule has 1 fully saturated rings. The van der Waals surface area contributed by atoms with Crippen LogP contribution in [0.5, 0.6) is 0 Å². The van der Waals surface area contributed by atoms with Crippen LogP contribution in [0.1, 0.15) is 24.0 Å². The van der Waals surface area contributed by atoms with Crippen LogP contribution in [0, 0.1) is 0 Å². The van der Waals surface area contributed by atoms with Gasteiger partial charge < -0.3 is 10.2 Å². The molecule has 1 N–H and O–H groups in total. The third-order valence-electron chi connectivity index (χ3n) is 3.21. The van der Waals surface area contributed by atoms with Crippen LogP contribution < -0.4 is 10.2 Å². The molecule has 0 aliphatic carbocycles. The minimum atomic E-state index is 0. The first-order chi connectivity index (χ1) is 7.34. The van der Waals surface area contributed by atoms with Crippen LogP contribution in [0.3, 0.4) is 0 Å². The average molecular weight is 239 g/mol. The third-order valence-corrected chi connectivity index (χ3v) is 3.21. The molecule has 0 aromatic heterocycles. The van der Waals surface area contributed by atoms with Crippen molar-refractivity contribution >= 4 is 24.0 Å². The van der Waals surface area contributed by atoms with Crippen LogP contribution >= 0.6 is 12.4 Å². The minimum Gasteiger partial charge on any atom is -0.312 e. The Labute approximate surface area is 101 Å². The van der Waals surface area contributed by atoms with Gasteiger partial charge in [0.2, 0.25) is 5.91 Å². The Bertz CT molecular complexity index is 419. The number of anilines is 1. The van der Waals surface area contributed by atoms with E-state index in [1.165, 1.54) is 11.1 Å². The van der Waals surface area contributed by atoms with E-state index in [9.17, 15) is 4.79 Å². The SMILES string of the molecule is Cl.O=C1CCCN1c1ccc2c(c1)CNC2. The van der Waals surface area contributed by atoms with Crippen molar-refractivity contribution in [3.05, 3.63) is 29.3 Å². The second-order valence-corrected chi connectivity index (χ2v) is 4.21. The molecule has 0 bridgehead atoms. The quantitative estimate of drug-likeness (QED) is 0.810. The van der Waals surface area contributed by atoms with Crippen molar-refractivity contribution in [1.82, 2.24) is 5.32 Å². The Hall–Kier alpha value is -1.06. The predicted octanol–water partition coefficient (Wildman–Crippen LogP) is 1.84. The van der Waals surface area contributed by atoms with Gasteiger partial charge in [-0.25, -0.2) is 0 Å². The summed E-state index contributed by atoms with van der Waals surface area (Å²) in [5.74, 6) is 0.265. The zero-order valence-electron chi connectivity index (χ0n) is 9.03. The minimum absolute atomic E-state index is 0. The lowest BCUT2D eigenvalue weighted by Gasteiger charge is -2.16. The van der Waals surface area contributed by atoms with E-state index in [0.717, 1.165) is 31.7 Å². The maximum absolute atomic E-state index is 11.6. The summed E-state index contributed by atoms with van der Waals surface area (Å²) in [7, 11) is 0. The van der Waals surface area contributed by atoms with Gasteiger partial charge in [0.15, 0.2) is 0 Å². The lowest BCUT2D eigenvalue weighted by molar-refractivity contribution is -0.117. The van der Waals surface area contributed by atoms with Gasteiger partial charge in [0.05, 0.1) is 0 Å². The molecule has 2 aliphatic heterocycles. The number of nitrogens with zero attached hydrogens (tertiary/aromatic N) is 1. The van der Waals surface area contributed by atoms with Crippen molar-refractivity contribution in [2.24, 2.45) is 0 Å². The Morgan fingerprint density at radius 2 is 2.00 bits per heavy atom. The second kappa shape index (κ2) is 4.44. The summed E-state index contributed by atoms with van der Waals surface area (Å²) in [6, 6.07) is 6.35. The number of amides is 1. The number of halogens is 1. The lowest BCUT2D eigenvalue weighted by Crippen LogP contribution is -2.23. The topological polar surface area (TPSA) is 32.3 Å². The summed E-state index contributed by atoms with van der Waals surface area (Å²) < 4.78 is 0. The van der Waals surface area contributed by atoms with Crippen molar-refractivity contribution in [1.29, 1.82) is 0 Å². The molecule has 1 aromatic carbocycles. The van der Waals surface area contributed by atoms with Gasteiger partial charge in [0, 0.05) is 31.7 Å². The molecule has 1 saturated heterocycles. The molecule has 1 amide bonds. The highest BCUT2D eigenvalue weighted by molar-refractivity contribution is 5.95. The van der Waals surface area contributed by atoms with Gasteiger partial charge in [0.25, 0.3) is 0 Å². The van der Waals surface area contributed by atoms with Gasteiger partial charge in [-0.15, -0.1) is 12.4 Å². The predicted molar refractivity (Wildman–Crippen MR) is 65.8 cm³/mol. The fraction of sp³-hybridized carbons (Fsp3) is 0.417. The molecule has 2 heterocycles. The molecule has 3 nitrogen and oxygen atoms in total. The first-order valence-corrected chi connectivity index (χ1v) is 5.47. The standard InChI is InChI=1S/C12H14N2O.ClH/c15-12-2-1-5-14(12)11-4-3-9-7-13-8-10(9)6-11;/h3-4,6,13H,1-2,5,7-8H2;1H. The van der Waals surface area contributed by atoms with Gasteiger partial charge in [-0.05, 0) is 29.7 Å². The van der Waals surface area contributed by atoms with Gasteiger partial charge in [0.1, 0.15) is 0 Å². The molecule has 1 aromatic rings. The van der Waals surface area contributed by atoms with E-state index in [4.69, 9.17) is 0 Å². The molecule has 0 atom stereocenters. The van der Waals surface area contributed by atoms with Gasteiger partial charge in [-0.1, -0.05) is 6.07 Å². The lowest BCUT2D eigenvalue weighted by atomic mass is 10.1. The fourth-order valence-electron chi connectivity index (χ4n) is 2.37. The van der Waals surface area contributed by atoms with E-state index in [1.807, 2.05) is 4.90 Å². The maximum Gasteiger partial charge on any atom is 0.227 e. The highest BCUT2D eigenvalue weighted by Crippen LogP contribution is 2.26. The van der Waals surface area contributed by atoms with Crippen molar-refractivity contribution in [3.8, 4) is 0 Å². The molecule has 0 radical (unpaired) electrons. The summed E-state index contributed by atoms with van der Waals surface area (Å²) in [6.07, 6.45) is 1.70. The van der Waals surface area contributed by atoms with Crippen LogP contribution in [0.4, 0.5) is 5.69 Å². The number of carbonyl (C=O) groups is 1. The van der Waals surface area contributed by atoms with Crippen molar-refractivity contribution in [2.75, 3.05) is 11.4 Å². The molecule has 0 unspecified atom stereocenters. The zero-order valence-corrected chi connectivity index (χ0v) is 9.85. The summed E-state index contributed by atoms with van der Waals surface area (Å²) in [5.41, 5.74) is 3.78. The number of benzene rings is 1. The summed E-state index contributed by atoms with van der Waals surface area (Å²) in [5, 5.41) is 3.31. The maximum atomic E-state index is 11.6. The Morgan fingerprint density at radius 1 is 1.19 bits per heavy atom. The highest BCUT2D eigenvalue weighted by atomic mass is 35.5. The largest absolute Gasteiger partial charge is 0.312 e. The smallest absolute Gasteiger partial charge is 0.227 e. The Kier molecular flexibility index (Phi) is 3.17. The number of rotatable bonds is 1. The van der Waals surface area contributed by atoms with E-state index in [1.54, 1.807) is 0 Å². The fourth-order valence-corrected chi connectivity index (χ4v) is 2.37. The van der Waals surface area contributed by atoms with Gasteiger partial charge >= 0.3 is 0 Å². The van der Waals surface area contributed by atoms with E-state index in [0.29, 0.717) is 6.42 Å². The van der Waals surface area contributed by atoms with Crippen LogP contribution in [0.25, 0.3) is 0 Å². The Morgan fingerprint density at radius 3 is 2.75 bits per heavy atom. The summed E-state index contributed by atoms with van der Waals surface area (Å²) in [4.78, 5) is 13.5. The van der Waals surface area contributed by atoms with E-state index >= 15 is 0 Å². The number of carbonyl (C=O) groups excluding carboxylic acids is 1. The van der Waals surface area contributed by atoms with E-state index < -0.39 is 0 Å². The molecular weight excluding hydrogens is 224 g/mol. The number of hydrogen-bond acceptors (Lipinski definition) is 2. The monoisotopic (exact) mass is 238 g/mol.